The first-order valence-corrected chi connectivity index (χ1v) is 10.1. The summed E-state index contributed by atoms with van der Waals surface area (Å²) in [6, 6.07) is -2.59. The zero-order valence-electron chi connectivity index (χ0n) is 14.8. The van der Waals surface area contributed by atoms with E-state index in [0.717, 1.165) is 24.3 Å². The zero-order chi connectivity index (χ0) is 19.8. The smallest absolute Gasteiger partial charge is 0.309 e. The highest BCUT2D eigenvalue weighted by Gasteiger charge is 2.49. The summed E-state index contributed by atoms with van der Waals surface area (Å²) in [5.41, 5.74) is 4.75. The lowest BCUT2D eigenvalue weighted by atomic mass is 10.0. The monoisotopic (exact) mass is 405 g/mol. The lowest BCUT2D eigenvalue weighted by Gasteiger charge is -2.32. The maximum absolute atomic E-state index is 12.4. The number of nitrogens with one attached hydrogen (secondary N) is 2. The molecule has 3 saturated heterocycles. The van der Waals surface area contributed by atoms with Crippen molar-refractivity contribution in [3.8, 4) is 0 Å². The highest BCUT2D eigenvalue weighted by molar-refractivity contribution is 7.80. The topological polar surface area (TPSA) is 149 Å². The van der Waals surface area contributed by atoms with E-state index >= 15 is 0 Å². The second-order valence-electron chi connectivity index (χ2n) is 6.98. The molecule has 0 aliphatic carbocycles. The number of urea groups is 1. The average molecular weight is 405 g/mol. The Balaban J connectivity index is 1.57. The Hall–Kier alpha value is -1.96. The molecule has 0 aromatic heterocycles. The summed E-state index contributed by atoms with van der Waals surface area (Å²) in [7, 11) is -2.99. The molecule has 3 atom stereocenters. The van der Waals surface area contributed by atoms with Gasteiger partial charge in [-0.15, -0.1) is 4.28 Å². The summed E-state index contributed by atoms with van der Waals surface area (Å²) >= 11 is 0. The van der Waals surface area contributed by atoms with Crippen LogP contribution in [0.5, 0.6) is 0 Å². The largest absolute Gasteiger partial charge is 0.418 e. The highest BCUT2D eigenvalue weighted by atomic mass is 32.3. The number of hydrazine groups is 1. The Morgan fingerprint density at radius 3 is 2.41 bits per heavy atom. The van der Waals surface area contributed by atoms with E-state index in [1.807, 2.05) is 11.9 Å². The van der Waals surface area contributed by atoms with Gasteiger partial charge in [-0.1, -0.05) is 6.42 Å². The molecule has 1 unspecified atom stereocenters. The quantitative estimate of drug-likeness (QED) is 0.383. The number of rotatable bonds is 4. The molecule has 0 aromatic rings. The number of hydroxylamine groups is 2. The van der Waals surface area contributed by atoms with Crippen molar-refractivity contribution < 1.29 is 31.6 Å². The fourth-order valence-corrected chi connectivity index (χ4v) is 4.19. The van der Waals surface area contributed by atoms with E-state index in [1.54, 1.807) is 0 Å². The predicted molar refractivity (Wildman–Crippen MR) is 89.9 cm³/mol. The van der Waals surface area contributed by atoms with Crippen molar-refractivity contribution in [2.24, 2.45) is 0 Å². The van der Waals surface area contributed by atoms with Crippen LogP contribution in [0.25, 0.3) is 0 Å². The SMILES string of the molecule is CN1CCCCC1C(=O)NNC(=O)[C@H]1CC[C@H]2CN1C(=O)N2OS(=O)(=O)O. The molecule has 13 heteroatoms. The van der Waals surface area contributed by atoms with Crippen molar-refractivity contribution in [2.75, 3.05) is 20.1 Å². The summed E-state index contributed by atoms with van der Waals surface area (Å²) in [5.74, 6) is -0.884. The predicted octanol–water partition coefficient (Wildman–Crippen LogP) is -1.38. The minimum absolute atomic E-state index is 0.0890. The fraction of sp³-hybridized carbons (Fsp3) is 0.786. The molecular formula is C14H23N5O7S. The van der Waals surface area contributed by atoms with Crippen LogP contribution >= 0.6 is 0 Å². The van der Waals surface area contributed by atoms with Gasteiger partial charge in [-0.05, 0) is 39.3 Å². The Kier molecular flexibility index (Phi) is 5.55. The molecule has 3 aliphatic heterocycles. The number of likely N-dealkylation sites (tertiary alicyclic amines) is 1. The van der Waals surface area contributed by atoms with Crippen LogP contribution < -0.4 is 10.9 Å². The fourth-order valence-electron chi connectivity index (χ4n) is 3.80. The van der Waals surface area contributed by atoms with Crippen LogP contribution in [0.15, 0.2) is 0 Å². The number of amides is 4. The van der Waals surface area contributed by atoms with Crippen molar-refractivity contribution in [3.05, 3.63) is 0 Å². The van der Waals surface area contributed by atoms with Crippen LogP contribution in [-0.4, -0.2) is 83.9 Å². The van der Waals surface area contributed by atoms with Gasteiger partial charge in [0.1, 0.15) is 6.04 Å². The third-order valence-electron chi connectivity index (χ3n) is 5.18. The van der Waals surface area contributed by atoms with Crippen LogP contribution in [0.2, 0.25) is 0 Å². The Bertz CT molecular complexity index is 729. The number of nitrogens with zero attached hydrogens (tertiary/aromatic N) is 3. The van der Waals surface area contributed by atoms with E-state index < -0.39 is 34.4 Å². The molecule has 3 heterocycles. The molecule has 0 aromatic carbocycles. The van der Waals surface area contributed by atoms with Gasteiger partial charge in [0, 0.05) is 6.54 Å². The second-order valence-corrected chi connectivity index (χ2v) is 7.99. The first kappa shape index (κ1) is 19.8. The molecule has 2 bridgehead atoms. The lowest BCUT2D eigenvalue weighted by molar-refractivity contribution is -0.134. The Labute approximate surface area is 156 Å². The second kappa shape index (κ2) is 7.58. The maximum Gasteiger partial charge on any atom is 0.418 e. The average Bonchev–Trinajstić information content (AvgIpc) is 2.83. The summed E-state index contributed by atoms with van der Waals surface area (Å²) in [6.07, 6.45) is 3.25. The molecular weight excluding hydrogens is 382 g/mol. The molecule has 4 amide bonds. The third kappa shape index (κ3) is 4.31. The van der Waals surface area contributed by atoms with Gasteiger partial charge in [0.25, 0.3) is 11.8 Å². The normalized spacial score (nSPS) is 29.0. The van der Waals surface area contributed by atoms with Crippen molar-refractivity contribution >= 4 is 28.2 Å². The number of hydrogen-bond acceptors (Lipinski definition) is 7. The van der Waals surface area contributed by atoms with Crippen LogP contribution in [0, 0.1) is 0 Å². The maximum atomic E-state index is 12.4. The van der Waals surface area contributed by atoms with Gasteiger partial charge in [-0.3, -0.25) is 29.9 Å². The van der Waals surface area contributed by atoms with Crippen LogP contribution in [0.4, 0.5) is 4.79 Å². The number of carbonyl (C=O) groups excluding carboxylic acids is 3. The summed E-state index contributed by atoms with van der Waals surface area (Å²) in [6.45, 7) is 0.897. The van der Waals surface area contributed by atoms with Gasteiger partial charge in [0.15, 0.2) is 0 Å². The van der Waals surface area contributed by atoms with Gasteiger partial charge in [-0.25, -0.2) is 4.79 Å². The van der Waals surface area contributed by atoms with Crippen molar-refractivity contribution in [2.45, 2.75) is 50.2 Å². The zero-order valence-corrected chi connectivity index (χ0v) is 15.6. The van der Waals surface area contributed by atoms with E-state index in [1.165, 1.54) is 0 Å². The number of hydrogen-bond donors (Lipinski definition) is 3. The molecule has 3 N–H and O–H groups in total. The van der Waals surface area contributed by atoms with E-state index in [2.05, 4.69) is 15.1 Å². The van der Waals surface area contributed by atoms with E-state index in [9.17, 15) is 22.8 Å². The van der Waals surface area contributed by atoms with Crippen molar-refractivity contribution in [1.29, 1.82) is 0 Å². The summed E-state index contributed by atoms with van der Waals surface area (Å²) in [4.78, 5) is 40.1. The molecule has 152 valence electrons. The van der Waals surface area contributed by atoms with E-state index in [-0.39, 0.29) is 24.9 Å². The van der Waals surface area contributed by atoms with Crippen LogP contribution in [-0.2, 0) is 24.3 Å². The molecule has 3 fully saturated rings. The molecule has 27 heavy (non-hydrogen) atoms. The lowest BCUT2D eigenvalue weighted by Crippen LogP contribution is -2.57. The summed E-state index contributed by atoms with van der Waals surface area (Å²) in [5, 5.41) is 0.568. The third-order valence-corrected chi connectivity index (χ3v) is 5.53. The molecule has 3 aliphatic rings. The van der Waals surface area contributed by atoms with E-state index in [0.29, 0.717) is 17.9 Å². The minimum atomic E-state index is -4.84. The molecule has 3 rings (SSSR count). The number of piperidine rings is 2. The van der Waals surface area contributed by atoms with Gasteiger partial charge < -0.3 is 4.90 Å². The highest BCUT2D eigenvalue weighted by Crippen LogP contribution is 2.30. The Morgan fingerprint density at radius 2 is 1.78 bits per heavy atom. The van der Waals surface area contributed by atoms with Gasteiger partial charge >= 0.3 is 16.4 Å². The Morgan fingerprint density at radius 1 is 1.11 bits per heavy atom. The minimum Gasteiger partial charge on any atom is -0.309 e. The number of carbonyl (C=O) groups is 3. The molecule has 0 spiro atoms. The molecule has 0 radical (unpaired) electrons. The van der Waals surface area contributed by atoms with Gasteiger partial charge in [0.05, 0.1) is 12.1 Å². The molecule has 0 saturated carbocycles. The van der Waals surface area contributed by atoms with E-state index in [4.69, 9.17) is 4.55 Å². The van der Waals surface area contributed by atoms with Gasteiger partial charge in [0.2, 0.25) is 0 Å². The standard InChI is InChI=1S/C14H23N5O7S/c1-17-7-3-2-4-10(17)12(20)15-16-13(21)11-6-5-9-8-18(11)14(22)19(9)26-27(23,24)25/h9-11H,2-8H2,1H3,(H,15,20)(H,16,21)(H,23,24,25)/t9-,10?,11+/m0/s1. The van der Waals surface area contributed by atoms with Gasteiger partial charge in [-0.2, -0.15) is 13.5 Å². The number of fused-ring (bicyclic) bond motifs is 2. The number of likely N-dealkylation sites (N-methyl/N-ethyl adjacent to an activating group) is 1. The summed E-state index contributed by atoms with van der Waals surface area (Å²) < 4.78 is 34.9. The van der Waals surface area contributed by atoms with Crippen LogP contribution in [0.1, 0.15) is 32.1 Å². The van der Waals surface area contributed by atoms with Crippen molar-refractivity contribution in [3.63, 3.8) is 0 Å². The van der Waals surface area contributed by atoms with Crippen LogP contribution in [0.3, 0.4) is 0 Å². The first-order valence-electron chi connectivity index (χ1n) is 8.74. The van der Waals surface area contributed by atoms with Crippen molar-refractivity contribution in [1.82, 2.24) is 25.7 Å². The molecule has 12 nitrogen and oxygen atoms in total. The first-order chi connectivity index (χ1) is 12.7.